The maximum Gasteiger partial charge on any atom is 0.238 e. The van der Waals surface area contributed by atoms with Crippen LogP contribution in [0.3, 0.4) is 0 Å². The average molecular weight is 226 g/mol. The van der Waals surface area contributed by atoms with Gasteiger partial charge in [0.2, 0.25) is 5.91 Å². The van der Waals surface area contributed by atoms with Gasteiger partial charge in [0.25, 0.3) is 0 Å². The molecule has 16 heavy (non-hydrogen) atoms. The van der Waals surface area contributed by atoms with E-state index >= 15 is 0 Å². The topological polar surface area (TPSA) is 41.6 Å². The number of hydrogen-bond donors (Lipinski definition) is 1. The van der Waals surface area contributed by atoms with Gasteiger partial charge >= 0.3 is 0 Å². The van der Waals surface area contributed by atoms with Crippen molar-refractivity contribution in [2.24, 2.45) is 5.92 Å². The third kappa shape index (κ3) is 2.23. The van der Waals surface area contributed by atoms with E-state index in [1.54, 1.807) is 0 Å². The number of rotatable bonds is 3. The van der Waals surface area contributed by atoms with Crippen molar-refractivity contribution in [2.45, 2.75) is 51.9 Å². The molecule has 2 saturated heterocycles. The number of carbonyl (C=O) groups is 1. The first-order valence-electron chi connectivity index (χ1n) is 6.25. The first-order chi connectivity index (χ1) is 7.59. The van der Waals surface area contributed by atoms with Crippen molar-refractivity contribution in [3.05, 3.63) is 0 Å². The molecular weight excluding hydrogens is 204 g/mol. The summed E-state index contributed by atoms with van der Waals surface area (Å²) in [7, 11) is 0. The molecule has 4 heteroatoms. The maximum atomic E-state index is 11.9. The van der Waals surface area contributed by atoms with Gasteiger partial charge < -0.3 is 9.64 Å². The number of carbonyl (C=O) groups excluding carboxylic acids is 1. The van der Waals surface area contributed by atoms with Crippen LogP contribution in [-0.4, -0.2) is 42.3 Å². The van der Waals surface area contributed by atoms with Crippen LogP contribution in [0.2, 0.25) is 0 Å². The molecule has 0 spiro atoms. The summed E-state index contributed by atoms with van der Waals surface area (Å²) < 4.78 is 5.56. The summed E-state index contributed by atoms with van der Waals surface area (Å²) in [6.07, 6.45) is 2.39. The van der Waals surface area contributed by atoms with E-state index < -0.39 is 0 Å². The molecule has 1 N–H and O–H groups in total. The zero-order valence-electron chi connectivity index (χ0n) is 10.4. The Morgan fingerprint density at radius 1 is 1.56 bits per heavy atom. The molecule has 3 unspecified atom stereocenters. The van der Waals surface area contributed by atoms with Gasteiger partial charge in [-0.2, -0.15) is 0 Å². The second-order valence-corrected chi connectivity index (χ2v) is 5.26. The third-order valence-corrected chi connectivity index (χ3v) is 3.50. The molecule has 0 aromatic carbocycles. The molecule has 0 bridgehead atoms. The minimum absolute atomic E-state index is 0.179. The van der Waals surface area contributed by atoms with Crippen LogP contribution in [0.4, 0.5) is 0 Å². The summed E-state index contributed by atoms with van der Waals surface area (Å²) in [5, 5.41) is 3.31. The molecule has 2 aliphatic rings. The lowest BCUT2D eigenvalue weighted by molar-refractivity contribution is -0.131. The van der Waals surface area contributed by atoms with Crippen molar-refractivity contribution in [3.8, 4) is 0 Å². The Hall–Kier alpha value is -0.610. The molecule has 2 heterocycles. The van der Waals surface area contributed by atoms with Crippen molar-refractivity contribution in [3.63, 3.8) is 0 Å². The SMILES string of the molecule is CC(C)CC1NCC(=O)N1C1CCOC1C. The van der Waals surface area contributed by atoms with Gasteiger partial charge in [0.05, 0.1) is 24.9 Å². The normalized spacial score (nSPS) is 35.4. The molecular formula is C12H22N2O2. The van der Waals surface area contributed by atoms with Crippen LogP contribution >= 0.6 is 0 Å². The minimum atomic E-state index is 0.179. The van der Waals surface area contributed by atoms with Gasteiger partial charge in [-0.15, -0.1) is 0 Å². The van der Waals surface area contributed by atoms with Gasteiger partial charge in [0.15, 0.2) is 0 Å². The lowest BCUT2D eigenvalue weighted by Gasteiger charge is -2.32. The molecule has 2 aliphatic heterocycles. The molecule has 0 radical (unpaired) electrons. The predicted molar refractivity (Wildman–Crippen MR) is 61.9 cm³/mol. The first-order valence-corrected chi connectivity index (χ1v) is 6.25. The van der Waals surface area contributed by atoms with Crippen LogP contribution in [0.5, 0.6) is 0 Å². The molecule has 92 valence electrons. The highest BCUT2D eigenvalue weighted by atomic mass is 16.5. The Morgan fingerprint density at radius 2 is 2.31 bits per heavy atom. The van der Waals surface area contributed by atoms with Gasteiger partial charge in [0.1, 0.15) is 0 Å². The van der Waals surface area contributed by atoms with Gasteiger partial charge in [-0.3, -0.25) is 10.1 Å². The van der Waals surface area contributed by atoms with Gasteiger partial charge in [-0.25, -0.2) is 0 Å². The minimum Gasteiger partial charge on any atom is -0.376 e. The van der Waals surface area contributed by atoms with Crippen LogP contribution in [0.25, 0.3) is 0 Å². The summed E-state index contributed by atoms with van der Waals surface area (Å²) >= 11 is 0. The molecule has 3 atom stereocenters. The largest absolute Gasteiger partial charge is 0.376 e. The Labute approximate surface area is 97.3 Å². The molecule has 2 rings (SSSR count). The monoisotopic (exact) mass is 226 g/mol. The van der Waals surface area contributed by atoms with E-state index in [4.69, 9.17) is 4.74 Å². The van der Waals surface area contributed by atoms with Gasteiger partial charge in [-0.05, 0) is 25.7 Å². The fourth-order valence-electron chi connectivity index (χ4n) is 2.71. The fourth-order valence-corrected chi connectivity index (χ4v) is 2.71. The molecule has 0 aromatic heterocycles. The van der Waals surface area contributed by atoms with Crippen molar-refractivity contribution < 1.29 is 9.53 Å². The zero-order valence-corrected chi connectivity index (χ0v) is 10.4. The molecule has 4 nitrogen and oxygen atoms in total. The number of nitrogens with zero attached hydrogens (tertiary/aromatic N) is 1. The summed E-state index contributed by atoms with van der Waals surface area (Å²) in [4.78, 5) is 13.9. The number of nitrogens with one attached hydrogen (secondary N) is 1. The highest BCUT2D eigenvalue weighted by molar-refractivity contribution is 5.81. The number of amides is 1. The Bertz CT molecular complexity index is 268. The predicted octanol–water partition coefficient (Wildman–Crippen LogP) is 0.968. The Morgan fingerprint density at radius 3 is 2.88 bits per heavy atom. The molecule has 0 aliphatic carbocycles. The lowest BCUT2D eigenvalue weighted by Crippen LogP contribution is -2.48. The highest BCUT2D eigenvalue weighted by Gasteiger charge is 2.40. The number of ether oxygens (including phenoxy) is 1. The maximum absolute atomic E-state index is 11.9. The van der Waals surface area contributed by atoms with Crippen LogP contribution in [0.15, 0.2) is 0 Å². The van der Waals surface area contributed by atoms with E-state index in [1.807, 2.05) is 4.90 Å². The Balaban J connectivity index is 2.06. The van der Waals surface area contributed by atoms with E-state index in [1.165, 1.54) is 0 Å². The quantitative estimate of drug-likeness (QED) is 0.779. The zero-order chi connectivity index (χ0) is 11.7. The average Bonchev–Trinajstić information content (AvgIpc) is 2.73. The Kier molecular flexibility index (Phi) is 3.50. The molecule has 1 amide bonds. The van der Waals surface area contributed by atoms with Crippen LogP contribution < -0.4 is 5.32 Å². The second kappa shape index (κ2) is 4.72. The number of hydrogen-bond acceptors (Lipinski definition) is 3. The molecule has 0 aromatic rings. The standard InChI is InChI=1S/C12H22N2O2/c1-8(2)6-11-13-7-12(15)14(11)10-4-5-16-9(10)3/h8-11,13H,4-7H2,1-3H3. The highest BCUT2D eigenvalue weighted by Crippen LogP contribution is 2.25. The third-order valence-electron chi connectivity index (χ3n) is 3.50. The second-order valence-electron chi connectivity index (χ2n) is 5.26. The van der Waals surface area contributed by atoms with E-state index in [0.29, 0.717) is 12.5 Å². The molecule has 0 saturated carbocycles. The lowest BCUT2D eigenvalue weighted by atomic mass is 10.0. The van der Waals surface area contributed by atoms with Crippen molar-refractivity contribution in [2.75, 3.05) is 13.2 Å². The van der Waals surface area contributed by atoms with E-state index in [-0.39, 0.29) is 24.2 Å². The van der Waals surface area contributed by atoms with E-state index in [9.17, 15) is 4.79 Å². The molecule has 2 fully saturated rings. The van der Waals surface area contributed by atoms with Crippen molar-refractivity contribution in [1.29, 1.82) is 0 Å². The van der Waals surface area contributed by atoms with Crippen LogP contribution in [0, 0.1) is 5.92 Å². The summed E-state index contributed by atoms with van der Waals surface area (Å²) in [6, 6.07) is 0.270. The summed E-state index contributed by atoms with van der Waals surface area (Å²) in [6.45, 7) is 7.72. The van der Waals surface area contributed by atoms with E-state index in [2.05, 4.69) is 26.1 Å². The van der Waals surface area contributed by atoms with Crippen molar-refractivity contribution in [1.82, 2.24) is 10.2 Å². The fraction of sp³-hybridized carbons (Fsp3) is 0.917. The first kappa shape index (κ1) is 11.9. The van der Waals surface area contributed by atoms with Crippen molar-refractivity contribution >= 4 is 5.91 Å². The van der Waals surface area contributed by atoms with Crippen LogP contribution in [-0.2, 0) is 9.53 Å². The van der Waals surface area contributed by atoms with Gasteiger partial charge in [-0.1, -0.05) is 13.8 Å². The van der Waals surface area contributed by atoms with E-state index in [0.717, 1.165) is 19.4 Å². The smallest absolute Gasteiger partial charge is 0.238 e. The van der Waals surface area contributed by atoms with Gasteiger partial charge in [0, 0.05) is 6.61 Å². The van der Waals surface area contributed by atoms with Crippen LogP contribution in [0.1, 0.15) is 33.6 Å². The summed E-state index contributed by atoms with van der Waals surface area (Å²) in [5.41, 5.74) is 0. The summed E-state index contributed by atoms with van der Waals surface area (Å²) in [5.74, 6) is 0.830.